The summed E-state index contributed by atoms with van der Waals surface area (Å²) in [5.74, 6) is -0.0699. The molecule has 1 aromatic rings. The normalized spacial score (nSPS) is 11.9. The van der Waals surface area contributed by atoms with Gasteiger partial charge in [0.15, 0.2) is 0 Å². The summed E-state index contributed by atoms with van der Waals surface area (Å²) in [7, 11) is 0. The van der Waals surface area contributed by atoms with Crippen molar-refractivity contribution in [1.29, 1.82) is 5.26 Å². The van der Waals surface area contributed by atoms with Gasteiger partial charge in [-0.1, -0.05) is 41.9 Å². The van der Waals surface area contributed by atoms with Crippen LogP contribution in [0.15, 0.2) is 28.7 Å². The van der Waals surface area contributed by atoms with Gasteiger partial charge in [0.1, 0.15) is 6.04 Å². The molecule has 0 aliphatic carbocycles. The summed E-state index contributed by atoms with van der Waals surface area (Å²) in [6.07, 6.45) is 1.58. The summed E-state index contributed by atoms with van der Waals surface area (Å²) in [6, 6.07) is 8.97. The van der Waals surface area contributed by atoms with E-state index in [-0.39, 0.29) is 11.8 Å². The SMILES string of the molecule is CCC(CC)C(=O)NC(C#N)c1cccc(Br)c1. The van der Waals surface area contributed by atoms with E-state index in [9.17, 15) is 4.79 Å². The Morgan fingerprint density at radius 1 is 1.44 bits per heavy atom. The zero-order chi connectivity index (χ0) is 13.5. The first-order chi connectivity index (χ1) is 8.62. The van der Waals surface area contributed by atoms with Gasteiger partial charge in [-0.3, -0.25) is 4.79 Å². The molecule has 0 aliphatic heterocycles. The van der Waals surface area contributed by atoms with E-state index in [4.69, 9.17) is 5.26 Å². The first kappa shape index (κ1) is 14.7. The fourth-order valence-electron chi connectivity index (χ4n) is 1.80. The Kier molecular flexibility index (Phi) is 5.87. The van der Waals surface area contributed by atoms with Gasteiger partial charge in [0.2, 0.25) is 5.91 Å². The molecule has 96 valence electrons. The number of halogens is 1. The maximum atomic E-state index is 12.0. The van der Waals surface area contributed by atoms with Gasteiger partial charge in [-0.25, -0.2) is 0 Å². The molecule has 0 heterocycles. The van der Waals surface area contributed by atoms with E-state index in [0.29, 0.717) is 0 Å². The number of carbonyl (C=O) groups is 1. The Hall–Kier alpha value is -1.34. The standard InChI is InChI=1S/C14H17BrN2O/c1-3-10(4-2)14(18)17-13(9-16)11-6-5-7-12(15)8-11/h5-8,10,13H,3-4H2,1-2H3,(H,17,18). The average Bonchev–Trinajstić information content (AvgIpc) is 2.37. The molecule has 0 saturated heterocycles. The largest absolute Gasteiger partial charge is 0.336 e. The van der Waals surface area contributed by atoms with Crippen molar-refractivity contribution in [3.05, 3.63) is 34.3 Å². The summed E-state index contributed by atoms with van der Waals surface area (Å²) in [5, 5.41) is 12.0. The third kappa shape index (κ3) is 3.85. The molecule has 1 unspecified atom stereocenters. The quantitative estimate of drug-likeness (QED) is 0.904. The second-order valence-electron chi connectivity index (χ2n) is 4.14. The van der Waals surface area contributed by atoms with Gasteiger partial charge in [0.25, 0.3) is 0 Å². The Balaban J connectivity index is 2.80. The molecule has 3 nitrogen and oxygen atoms in total. The molecule has 4 heteroatoms. The van der Waals surface area contributed by atoms with E-state index < -0.39 is 6.04 Å². The van der Waals surface area contributed by atoms with Crippen LogP contribution in [0, 0.1) is 17.2 Å². The molecule has 1 aromatic carbocycles. The van der Waals surface area contributed by atoms with E-state index in [1.165, 1.54) is 0 Å². The molecule has 0 aromatic heterocycles. The molecule has 0 fully saturated rings. The number of carbonyl (C=O) groups excluding carboxylic acids is 1. The number of rotatable bonds is 5. The highest BCUT2D eigenvalue weighted by atomic mass is 79.9. The molecule has 0 spiro atoms. The summed E-state index contributed by atoms with van der Waals surface area (Å²) in [5.41, 5.74) is 0.797. The number of hydrogen-bond donors (Lipinski definition) is 1. The van der Waals surface area contributed by atoms with Crippen LogP contribution in [0.25, 0.3) is 0 Å². The predicted octanol–water partition coefficient (Wildman–Crippen LogP) is 3.57. The molecular weight excluding hydrogens is 292 g/mol. The van der Waals surface area contributed by atoms with Gasteiger partial charge in [-0.15, -0.1) is 0 Å². The van der Waals surface area contributed by atoms with Crippen LogP contribution in [0.4, 0.5) is 0 Å². The van der Waals surface area contributed by atoms with Crippen LogP contribution in [0.5, 0.6) is 0 Å². The molecular formula is C14H17BrN2O. The lowest BCUT2D eigenvalue weighted by Gasteiger charge is -2.17. The van der Waals surface area contributed by atoms with Gasteiger partial charge in [-0.2, -0.15) is 5.26 Å². The fourth-order valence-corrected chi connectivity index (χ4v) is 2.21. The molecule has 18 heavy (non-hydrogen) atoms. The minimum Gasteiger partial charge on any atom is -0.336 e. The van der Waals surface area contributed by atoms with E-state index in [0.717, 1.165) is 22.9 Å². The number of hydrogen-bond acceptors (Lipinski definition) is 2. The molecule has 1 atom stereocenters. The predicted molar refractivity (Wildman–Crippen MR) is 74.7 cm³/mol. The number of nitrogens with zero attached hydrogens (tertiary/aromatic N) is 1. The van der Waals surface area contributed by atoms with E-state index in [1.54, 1.807) is 0 Å². The van der Waals surface area contributed by atoms with Crippen LogP contribution in [0.3, 0.4) is 0 Å². The van der Waals surface area contributed by atoms with Crippen molar-refractivity contribution < 1.29 is 4.79 Å². The highest BCUT2D eigenvalue weighted by Crippen LogP contribution is 2.19. The molecule has 1 N–H and O–H groups in total. The molecule has 1 amide bonds. The van der Waals surface area contributed by atoms with Crippen molar-refractivity contribution in [3.8, 4) is 6.07 Å². The molecule has 0 aliphatic rings. The second-order valence-corrected chi connectivity index (χ2v) is 5.05. The monoisotopic (exact) mass is 308 g/mol. The Bertz CT molecular complexity index is 449. The van der Waals surface area contributed by atoms with E-state index >= 15 is 0 Å². The van der Waals surface area contributed by atoms with Crippen LogP contribution >= 0.6 is 15.9 Å². The van der Waals surface area contributed by atoms with Crippen LogP contribution in [0.2, 0.25) is 0 Å². The van der Waals surface area contributed by atoms with Crippen LogP contribution in [-0.2, 0) is 4.79 Å². The van der Waals surface area contributed by atoms with Crippen LogP contribution < -0.4 is 5.32 Å². The highest BCUT2D eigenvalue weighted by molar-refractivity contribution is 9.10. The van der Waals surface area contributed by atoms with Crippen LogP contribution in [-0.4, -0.2) is 5.91 Å². The summed E-state index contributed by atoms with van der Waals surface area (Å²) in [6.45, 7) is 3.96. The average molecular weight is 309 g/mol. The van der Waals surface area contributed by atoms with Gasteiger partial charge < -0.3 is 5.32 Å². The maximum absolute atomic E-state index is 12.0. The van der Waals surface area contributed by atoms with Crippen molar-refractivity contribution in [2.45, 2.75) is 32.7 Å². The van der Waals surface area contributed by atoms with Gasteiger partial charge in [0.05, 0.1) is 6.07 Å². The summed E-state index contributed by atoms with van der Waals surface area (Å²) in [4.78, 5) is 12.0. The lowest BCUT2D eigenvalue weighted by molar-refractivity contribution is -0.125. The first-order valence-corrected chi connectivity index (χ1v) is 6.87. The van der Waals surface area contributed by atoms with Crippen LogP contribution in [0.1, 0.15) is 38.3 Å². The van der Waals surface area contributed by atoms with Gasteiger partial charge in [0, 0.05) is 10.4 Å². The third-order valence-electron chi connectivity index (χ3n) is 2.95. The zero-order valence-electron chi connectivity index (χ0n) is 10.6. The minimum atomic E-state index is -0.587. The number of benzene rings is 1. The lowest BCUT2D eigenvalue weighted by atomic mass is 10.0. The smallest absolute Gasteiger partial charge is 0.224 e. The number of nitriles is 1. The Labute approximate surface area is 116 Å². The third-order valence-corrected chi connectivity index (χ3v) is 3.45. The molecule has 1 rings (SSSR count). The highest BCUT2D eigenvalue weighted by Gasteiger charge is 2.19. The summed E-state index contributed by atoms with van der Waals surface area (Å²) < 4.78 is 0.900. The number of nitrogens with one attached hydrogen (secondary N) is 1. The maximum Gasteiger partial charge on any atom is 0.224 e. The van der Waals surface area contributed by atoms with E-state index in [1.807, 2.05) is 38.1 Å². The second kappa shape index (κ2) is 7.17. The zero-order valence-corrected chi connectivity index (χ0v) is 12.2. The van der Waals surface area contributed by atoms with Gasteiger partial charge in [-0.05, 0) is 30.5 Å². The van der Waals surface area contributed by atoms with Crippen molar-refractivity contribution >= 4 is 21.8 Å². The van der Waals surface area contributed by atoms with Gasteiger partial charge >= 0.3 is 0 Å². The Morgan fingerprint density at radius 2 is 2.11 bits per heavy atom. The van der Waals surface area contributed by atoms with Crippen molar-refractivity contribution in [2.75, 3.05) is 0 Å². The van der Waals surface area contributed by atoms with Crippen molar-refractivity contribution in [2.24, 2.45) is 5.92 Å². The van der Waals surface area contributed by atoms with E-state index in [2.05, 4.69) is 27.3 Å². The fraction of sp³-hybridized carbons (Fsp3) is 0.429. The molecule has 0 radical (unpaired) electrons. The molecule has 0 saturated carbocycles. The molecule has 0 bridgehead atoms. The number of amides is 1. The minimum absolute atomic E-state index is 0.0204. The van der Waals surface area contributed by atoms with Crippen molar-refractivity contribution in [3.63, 3.8) is 0 Å². The first-order valence-electron chi connectivity index (χ1n) is 6.07. The Morgan fingerprint density at radius 3 is 2.61 bits per heavy atom. The van der Waals surface area contributed by atoms with Crippen molar-refractivity contribution in [1.82, 2.24) is 5.32 Å². The topological polar surface area (TPSA) is 52.9 Å². The lowest BCUT2D eigenvalue weighted by Crippen LogP contribution is -2.33. The summed E-state index contributed by atoms with van der Waals surface area (Å²) >= 11 is 3.36.